The summed E-state index contributed by atoms with van der Waals surface area (Å²) in [6.45, 7) is 3.95. The van der Waals surface area contributed by atoms with Crippen LogP contribution in [0.15, 0.2) is 102 Å². The Bertz CT molecular complexity index is 1160. The maximum atomic E-state index is 13.6. The Labute approximate surface area is 209 Å². The standard InChI is InChI=1S/C29H28N2O3S/c1-19(2)23-18-35-27-24(26(32)31(27)25(23)28(33)34)30-29(20-12-6-3-7-13-20,21-14-8-4-9-15-21)22-16-10-5-11-17-22/h3-17,19,24,27,30H,18H2,1-2H3,(H,33,34)/t24?,27-/m1/s1. The average molecular weight is 485 g/mol. The molecule has 2 atom stereocenters. The van der Waals surface area contributed by atoms with Gasteiger partial charge in [0.2, 0.25) is 5.91 Å². The molecule has 0 radical (unpaired) electrons. The second-order valence-corrected chi connectivity index (χ2v) is 10.3. The van der Waals surface area contributed by atoms with Crippen LogP contribution in [-0.2, 0) is 15.1 Å². The Balaban J connectivity index is 1.63. The summed E-state index contributed by atoms with van der Waals surface area (Å²) in [6.07, 6.45) is 0. The molecule has 0 saturated carbocycles. The van der Waals surface area contributed by atoms with Crippen molar-refractivity contribution >= 4 is 23.6 Å². The van der Waals surface area contributed by atoms with E-state index in [0.29, 0.717) is 5.75 Å². The number of thioether (sulfide) groups is 1. The van der Waals surface area contributed by atoms with E-state index in [9.17, 15) is 14.7 Å². The highest BCUT2D eigenvalue weighted by atomic mass is 32.2. The van der Waals surface area contributed by atoms with E-state index in [4.69, 9.17) is 0 Å². The number of carbonyl (C=O) groups is 2. The van der Waals surface area contributed by atoms with Crippen molar-refractivity contribution in [2.45, 2.75) is 30.8 Å². The number of hydrogen-bond donors (Lipinski definition) is 2. The number of nitrogens with zero attached hydrogens (tertiary/aromatic N) is 1. The Morgan fingerprint density at radius 1 is 0.914 bits per heavy atom. The number of carboxylic acids is 1. The minimum absolute atomic E-state index is 0.0615. The molecule has 5 nitrogen and oxygen atoms in total. The molecule has 1 saturated heterocycles. The lowest BCUT2D eigenvalue weighted by atomic mass is 9.76. The topological polar surface area (TPSA) is 69.6 Å². The van der Waals surface area contributed by atoms with Crippen LogP contribution in [0.1, 0.15) is 30.5 Å². The van der Waals surface area contributed by atoms with E-state index in [0.717, 1.165) is 22.3 Å². The smallest absolute Gasteiger partial charge is 0.352 e. The summed E-state index contributed by atoms with van der Waals surface area (Å²) in [5.41, 5.74) is 3.22. The number of rotatable bonds is 7. The van der Waals surface area contributed by atoms with Gasteiger partial charge in [-0.05, 0) is 28.2 Å². The van der Waals surface area contributed by atoms with Crippen molar-refractivity contribution in [3.8, 4) is 0 Å². The van der Waals surface area contributed by atoms with E-state index in [1.807, 2.05) is 68.4 Å². The van der Waals surface area contributed by atoms with Crippen LogP contribution in [0.25, 0.3) is 0 Å². The average Bonchev–Trinajstić information content (AvgIpc) is 2.89. The van der Waals surface area contributed by atoms with Gasteiger partial charge in [0.25, 0.3) is 0 Å². The number of fused-ring (bicyclic) bond motifs is 1. The molecule has 0 bridgehead atoms. The van der Waals surface area contributed by atoms with Crippen LogP contribution >= 0.6 is 11.8 Å². The highest BCUT2D eigenvalue weighted by Gasteiger charge is 2.56. The van der Waals surface area contributed by atoms with Gasteiger partial charge in [-0.1, -0.05) is 105 Å². The van der Waals surface area contributed by atoms with Crippen molar-refractivity contribution in [2.24, 2.45) is 5.92 Å². The summed E-state index contributed by atoms with van der Waals surface area (Å²) in [5, 5.41) is 13.4. The fourth-order valence-electron chi connectivity index (χ4n) is 5.13. The van der Waals surface area contributed by atoms with Gasteiger partial charge in [0.05, 0.1) is 5.54 Å². The van der Waals surface area contributed by atoms with E-state index in [1.54, 1.807) is 11.8 Å². The highest BCUT2D eigenvalue weighted by Crippen LogP contribution is 2.45. The van der Waals surface area contributed by atoms with Gasteiger partial charge in [-0.25, -0.2) is 4.79 Å². The van der Waals surface area contributed by atoms with Crippen LogP contribution in [0.5, 0.6) is 0 Å². The quantitative estimate of drug-likeness (QED) is 0.371. The molecule has 2 aliphatic rings. The van der Waals surface area contributed by atoms with Crippen LogP contribution in [0.4, 0.5) is 0 Å². The van der Waals surface area contributed by atoms with Gasteiger partial charge in [0.1, 0.15) is 17.1 Å². The zero-order valence-electron chi connectivity index (χ0n) is 19.7. The highest BCUT2D eigenvalue weighted by molar-refractivity contribution is 8.00. The first-order chi connectivity index (χ1) is 16.9. The number of nitrogens with one attached hydrogen (secondary N) is 1. The van der Waals surface area contributed by atoms with Gasteiger partial charge in [0, 0.05) is 5.75 Å². The van der Waals surface area contributed by atoms with Crippen molar-refractivity contribution in [1.29, 1.82) is 0 Å². The fraction of sp³-hybridized carbons (Fsp3) is 0.241. The molecule has 2 N–H and O–H groups in total. The van der Waals surface area contributed by atoms with Gasteiger partial charge >= 0.3 is 5.97 Å². The predicted octanol–water partition coefficient (Wildman–Crippen LogP) is 4.85. The lowest BCUT2D eigenvalue weighted by molar-refractivity contribution is -0.149. The maximum absolute atomic E-state index is 13.6. The summed E-state index contributed by atoms with van der Waals surface area (Å²) < 4.78 is 0. The number of hydrogen-bond acceptors (Lipinski definition) is 4. The van der Waals surface area contributed by atoms with Crippen molar-refractivity contribution in [1.82, 2.24) is 10.2 Å². The Kier molecular flexibility index (Phi) is 6.26. The molecule has 0 aliphatic carbocycles. The lowest BCUT2D eigenvalue weighted by Crippen LogP contribution is -2.72. The molecular formula is C29H28N2O3S. The molecule has 1 amide bonds. The third kappa shape index (κ3) is 3.87. The van der Waals surface area contributed by atoms with Gasteiger partial charge in [-0.2, -0.15) is 0 Å². The summed E-state index contributed by atoms with van der Waals surface area (Å²) >= 11 is 1.63. The molecule has 3 aromatic carbocycles. The maximum Gasteiger partial charge on any atom is 0.352 e. The SMILES string of the molecule is CC(C)C1=C(C(=O)O)N2C(=O)C(NC(c3ccccc3)(c3ccccc3)c3ccccc3)[C@H]2SC1. The number of β-lactam (4-membered cyclic amide) rings is 1. The molecule has 5 rings (SSSR count). The predicted molar refractivity (Wildman–Crippen MR) is 139 cm³/mol. The summed E-state index contributed by atoms with van der Waals surface area (Å²) in [5.74, 6) is -0.580. The molecule has 2 aliphatic heterocycles. The van der Waals surface area contributed by atoms with Gasteiger partial charge < -0.3 is 5.11 Å². The summed E-state index contributed by atoms with van der Waals surface area (Å²) in [6, 6.07) is 29.8. The first kappa shape index (κ1) is 23.4. The molecule has 1 unspecified atom stereocenters. The van der Waals surface area contributed by atoms with Crippen LogP contribution < -0.4 is 5.32 Å². The Morgan fingerprint density at radius 3 is 1.77 bits per heavy atom. The molecule has 35 heavy (non-hydrogen) atoms. The van der Waals surface area contributed by atoms with Crippen molar-refractivity contribution in [3.05, 3.63) is 119 Å². The second-order valence-electron chi connectivity index (χ2n) is 9.21. The van der Waals surface area contributed by atoms with Crippen molar-refractivity contribution < 1.29 is 14.7 Å². The van der Waals surface area contributed by atoms with Crippen LogP contribution in [0.2, 0.25) is 0 Å². The zero-order valence-corrected chi connectivity index (χ0v) is 20.5. The third-order valence-corrected chi connectivity index (χ3v) is 8.19. The minimum Gasteiger partial charge on any atom is -0.477 e. The molecule has 178 valence electrons. The summed E-state index contributed by atoms with van der Waals surface area (Å²) in [7, 11) is 0. The van der Waals surface area contributed by atoms with Crippen molar-refractivity contribution in [2.75, 3.05) is 5.75 Å². The van der Waals surface area contributed by atoms with Crippen LogP contribution in [0, 0.1) is 5.92 Å². The summed E-state index contributed by atoms with van der Waals surface area (Å²) in [4.78, 5) is 27.3. The lowest BCUT2D eigenvalue weighted by Gasteiger charge is -2.53. The van der Waals surface area contributed by atoms with Gasteiger partial charge in [-0.3, -0.25) is 15.0 Å². The number of aliphatic carboxylic acids is 1. The largest absolute Gasteiger partial charge is 0.477 e. The van der Waals surface area contributed by atoms with E-state index in [-0.39, 0.29) is 22.9 Å². The van der Waals surface area contributed by atoms with E-state index in [2.05, 4.69) is 41.7 Å². The van der Waals surface area contributed by atoms with Crippen molar-refractivity contribution in [3.63, 3.8) is 0 Å². The normalized spacial score (nSPS) is 20.0. The molecule has 1 fully saturated rings. The van der Waals surface area contributed by atoms with Crippen LogP contribution in [0.3, 0.4) is 0 Å². The van der Waals surface area contributed by atoms with Crippen LogP contribution in [-0.4, -0.2) is 39.1 Å². The second kappa shape index (κ2) is 9.36. The van der Waals surface area contributed by atoms with E-state index >= 15 is 0 Å². The first-order valence-electron chi connectivity index (χ1n) is 11.8. The number of benzene rings is 3. The molecular weight excluding hydrogens is 456 g/mol. The molecule has 0 aromatic heterocycles. The number of amides is 1. The number of carbonyl (C=O) groups excluding carboxylic acids is 1. The minimum atomic E-state index is -1.04. The molecule has 3 aromatic rings. The van der Waals surface area contributed by atoms with Gasteiger partial charge in [-0.15, -0.1) is 11.8 Å². The molecule has 0 spiro atoms. The Hall–Kier alpha value is -3.35. The van der Waals surface area contributed by atoms with E-state index < -0.39 is 17.6 Å². The van der Waals surface area contributed by atoms with Gasteiger partial charge in [0.15, 0.2) is 0 Å². The fourth-order valence-corrected chi connectivity index (χ4v) is 6.69. The molecule has 2 heterocycles. The molecule has 6 heteroatoms. The first-order valence-corrected chi connectivity index (χ1v) is 12.9. The van der Waals surface area contributed by atoms with E-state index in [1.165, 1.54) is 4.90 Å². The zero-order chi connectivity index (χ0) is 24.6. The Morgan fingerprint density at radius 2 is 1.37 bits per heavy atom. The number of carboxylic acid groups (broad SMARTS) is 1. The third-order valence-electron chi connectivity index (χ3n) is 6.89. The monoisotopic (exact) mass is 484 g/mol.